The lowest BCUT2D eigenvalue weighted by atomic mass is 10.3. The fraction of sp³-hybridized carbons (Fsp3) is 0.125. The molecule has 3 nitrogen and oxygen atoms in total. The van der Waals surface area contributed by atoms with E-state index in [1.54, 1.807) is 18.3 Å². The van der Waals surface area contributed by atoms with Crippen LogP contribution in [-0.2, 0) is 6.42 Å². The number of hydrogen-bond donors (Lipinski definition) is 1. The van der Waals surface area contributed by atoms with Crippen LogP contribution in [0, 0.1) is 0 Å². The lowest BCUT2D eigenvalue weighted by Gasteiger charge is -2.00. The predicted octanol–water partition coefficient (Wildman–Crippen LogP) is 1.14. The van der Waals surface area contributed by atoms with Crippen molar-refractivity contribution in [2.45, 2.75) is 6.42 Å². The summed E-state index contributed by atoms with van der Waals surface area (Å²) in [7, 11) is 0. The van der Waals surface area contributed by atoms with Crippen molar-refractivity contribution < 1.29 is 4.79 Å². The second-order valence-corrected chi connectivity index (χ2v) is 2.20. The van der Waals surface area contributed by atoms with Crippen LogP contribution in [0.15, 0.2) is 31.0 Å². The first-order valence-corrected chi connectivity index (χ1v) is 3.32. The Kier molecular flexibility index (Phi) is 2.11. The monoisotopic (exact) mass is 150 g/mol. The first-order valence-electron chi connectivity index (χ1n) is 3.32. The first kappa shape index (κ1) is 7.60. The Morgan fingerprint density at radius 3 is 3.09 bits per heavy atom. The SMILES string of the molecule is C=CCc1cccn1C(N)=O. The number of carbonyl (C=O) groups excluding carboxylic acids is 1. The summed E-state index contributed by atoms with van der Waals surface area (Å²) in [6.07, 6.45) is 4.03. The minimum Gasteiger partial charge on any atom is -0.351 e. The minimum absolute atomic E-state index is 0.452. The molecule has 0 aliphatic heterocycles. The van der Waals surface area contributed by atoms with Gasteiger partial charge in [-0.25, -0.2) is 4.79 Å². The Morgan fingerprint density at radius 2 is 2.55 bits per heavy atom. The molecule has 0 radical (unpaired) electrons. The summed E-state index contributed by atoms with van der Waals surface area (Å²) < 4.78 is 1.40. The zero-order valence-electron chi connectivity index (χ0n) is 6.16. The molecule has 0 aliphatic rings. The molecule has 0 aromatic carbocycles. The van der Waals surface area contributed by atoms with Crippen molar-refractivity contribution in [2.24, 2.45) is 5.73 Å². The highest BCUT2D eigenvalue weighted by Crippen LogP contribution is 2.01. The van der Waals surface area contributed by atoms with Crippen molar-refractivity contribution >= 4 is 6.03 Å². The van der Waals surface area contributed by atoms with Gasteiger partial charge in [0.25, 0.3) is 0 Å². The van der Waals surface area contributed by atoms with Gasteiger partial charge in [0.2, 0.25) is 0 Å². The number of aromatic nitrogens is 1. The van der Waals surface area contributed by atoms with Gasteiger partial charge in [-0.2, -0.15) is 0 Å². The summed E-state index contributed by atoms with van der Waals surface area (Å²) in [5.41, 5.74) is 5.95. The van der Waals surface area contributed by atoms with Crippen LogP contribution in [0.3, 0.4) is 0 Å². The fourth-order valence-corrected chi connectivity index (χ4v) is 0.945. The van der Waals surface area contributed by atoms with Crippen LogP contribution in [0.5, 0.6) is 0 Å². The second kappa shape index (κ2) is 3.05. The highest BCUT2D eigenvalue weighted by atomic mass is 16.2. The molecule has 0 spiro atoms. The third-order valence-corrected chi connectivity index (χ3v) is 1.42. The van der Waals surface area contributed by atoms with Gasteiger partial charge in [0.05, 0.1) is 0 Å². The average Bonchev–Trinajstić information content (AvgIpc) is 2.36. The maximum Gasteiger partial charge on any atom is 0.323 e. The maximum absolute atomic E-state index is 10.7. The van der Waals surface area contributed by atoms with Crippen LogP contribution in [-0.4, -0.2) is 10.6 Å². The third kappa shape index (κ3) is 1.49. The molecule has 1 amide bonds. The molecule has 3 heteroatoms. The van der Waals surface area contributed by atoms with E-state index in [9.17, 15) is 4.79 Å². The number of carbonyl (C=O) groups is 1. The average molecular weight is 150 g/mol. The van der Waals surface area contributed by atoms with Crippen LogP contribution in [0.2, 0.25) is 0 Å². The minimum atomic E-state index is -0.452. The zero-order chi connectivity index (χ0) is 8.27. The Morgan fingerprint density at radius 1 is 1.82 bits per heavy atom. The smallest absolute Gasteiger partial charge is 0.323 e. The van der Waals surface area contributed by atoms with E-state index < -0.39 is 6.03 Å². The molecule has 1 aromatic rings. The van der Waals surface area contributed by atoms with E-state index in [1.165, 1.54) is 4.57 Å². The van der Waals surface area contributed by atoms with Gasteiger partial charge in [-0.15, -0.1) is 6.58 Å². The van der Waals surface area contributed by atoms with Crippen LogP contribution >= 0.6 is 0 Å². The van der Waals surface area contributed by atoms with Gasteiger partial charge in [0.15, 0.2) is 0 Å². The molecule has 0 bridgehead atoms. The van der Waals surface area contributed by atoms with Crippen LogP contribution in [0.25, 0.3) is 0 Å². The number of nitrogens with two attached hydrogens (primary N) is 1. The number of allylic oxidation sites excluding steroid dienone is 1. The third-order valence-electron chi connectivity index (χ3n) is 1.42. The van der Waals surface area contributed by atoms with E-state index in [2.05, 4.69) is 6.58 Å². The Hall–Kier alpha value is -1.51. The van der Waals surface area contributed by atoms with Crippen LogP contribution in [0.1, 0.15) is 5.69 Å². The number of primary amides is 1. The Bertz CT molecular complexity index is 275. The molecule has 58 valence electrons. The van der Waals surface area contributed by atoms with Crippen molar-refractivity contribution in [3.05, 3.63) is 36.7 Å². The topological polar surface area (TPSA) is 48.0 Å². The number of amides is 1. The van der Waals surface area contributed by atoms with E-state index in [1.807, 2.05) is 6.07 Å². The van der Waals surface area contributed by atoms with Gasteiger partial charge in [-0.3, -0.25) is 4.57 Å². The summed E-state index contributed by atoms with van der Waals surface area (Å²) in [6.45, 7) is 3.57. The van der Waals surface area contributed by atoms with E-state index in [0.29, 0.717) is 6.42 Å². The Labute approximate surface area is 65.1 Å². The highest BCUT2D eigenvalue weighted by molar-refractivity contribution is 5.75. The molecule has 11 heavy (non-hydrogen) atoms. The Balaban J connectivity index is 2.95. The molecular weight excluding hydrogens is 140 g/mol. The number of nitrogens with zero attached hydrogens (tertiary/aromatic N) is 1. The van der Waals surface area contributed by atoms with E-state index in [4.69, 9.17) is 5.73 Å². The van der Waals surface area contributed by atoms with Crippen molar-refractivity contribution in [3.8, 4) is 0 Å². The summed E-state index contributed by atoms with van der Waals surface area (Å²) in [4.78, 5) is 10.7. The van der Waals surface area contributed by atoms with E-state index in [-0.39, 0.29) is 0 Å². The molecule has 0 fully saturated rings. The normalized spacial score (nSPS) is 9.45. The molecule has 1 heterocycles. The van der Waals surface area contributed by atoms with Crippen molar-refractivity contribution in [1.82, 2.24) is 4.57 Å². The molecule has 0 aliphatic carbocycles. The standard InChI is InChI=1S/C8H10N2O/c1-2-4-7-5-3-6-10(7)8(9)11/h2-3,5-6H,1,4H2,(H2,9,11). The number of rotatable bonds is 2. The lowest BCUT2D eigenvalue weighted by Crippen LogP contribution is -2.20. The van der Waals surface area contributed by atoms with Crippen LogP contribution < -0.4 is 5.73 Å². The fourth-order valence-electron chi connectivity index (χ4n) is 0.945. The highest BCUT2D eigenvalue weighted by Gasteiger charge is 2.01. The molecule has 0 unspecified atom stereocenters. The van der Waals surface area contributed by atoms with Crippen LogP contribution in [0.4, 0.5) is 4.79 Å². The summed E-state index contributed by atoms with van der Waals surface area (Å²) in [5.74, 6) is 0. The zero-order valence-corrected chi connectivity index (χ0v) is 6.16. The molecule has 0 saturated heterocycles. The van der Waals surface area contributed by atoms with Gasteiger partial charge < -0.3 is 5.73 Å². The van der Waals surface area contributed by atoms with Crippen molar-refractivity contribution in [2.75, 3.05) is 0 Å². The molecule has 0 saturated carbocycles. The number of hydrogen-bond acceptors (Lipinski definition) is 1. The van der Waals surface area contributed by atoms with Gasteiger partial charge in [-0.1, -0.05) is 6.08 Å². The second-order valence-electron chi connectivity index (χ2n) is 2.20. The maximum atomic E-state index is 10.7. The first-order chi connectivity index (χ1) is 5.25. The van der Waals surface area contributed by atoms with Gasteiger partial charge in [0, 0.05) is 18.3 Å². The molecular formula is C8H10N2O. The van der Waals surface area contributed by atoms with E-state index >= 15 is 0 Å². The van der Waals surface area contributed by atoms with Gasteiger partial charge >= 0.3 is 6.03 Å². The summed E-state index contributed by atoms with van der Waals surface area (Å²) in [6, 6.07) is 3.17. The largest absolute Gasteiger partial charge is 0.351 e. The van der Waals surface area contributed by atoms with Crippen molar-refractivity contribution in [3.63, 3.8) is 0 Å². The van der Waals surface area contributed by atoms with Gasteiger partial charge in [0.1, 0.15) is 0 Å². The predicted molar refractivity (Wildman–Crippen MR) is 43.3 cm³/mol. The molecule has 2 N–H and O–H groups in total. The van der Waals surface area contributed by atoms with Gasteiger partial charge in [-0.05, 0) is 12.1 Å². The van der Waals surface area contributed by atoms with E-state index in [0.717, 1.165) is 5.69 Å². The quantitative estimate of drug-likeness (QED) is 0.631. The molecule has 0 atom stereocenters. The summed E-state index contributed by atoms with van der Waals surface area (Å²) >= 11 is 0. The van der Waals surface area contributed by atoms with Crippen molar-refractivity contribution in [1.29, 1.82) is 0 Å². The summed E-state index contributed by atoms with van der Waals surface area (Å²) in [5, 5.41) is 0. The molecule has 1 rings (SSSR count). The molecule has 1 aromatic heterocycles. The lowest BCUT2D eigenvalue weighted by molar-refractivity contribution is 0.250.